The molecule has 2 aromatic rings. The van der Waals surface area contributed by atoms with E-state index < -0.39 is 12.0 Å². The number of rotatable bonds is 11. The summed E-state index contributed by atoms with van der Waals surface area (Å²) >= 11 is 0. The van der Waals surface area contributed by atoms with Gasteiger partial charge in [0.2, 0.25) is 5.91 Å². The Morgan fingerprint density at radius 1 is 1.00 bits per heavy atom. The molecule has 0 spiro atoms. The quantitative estimate of drug-likeness (QED) is 0.415. The van der Waals surface area contributed by atoms with Crippen LogP contribution in [0.4, 0.5) is 0 Å². The number of hydrogen-bond donors (Lipinski definition) is 1. The second-order valence-corrected chi connectivity index (χ2v) is 7.59. The lowest BCUT2D eigenvalue weighted by Gasteiger charge is -2.34. The molecule has 0 aliphatic carbocycles. The minimum atomic E-state index is -0.947. The highest BCUT2D eigenvalue weighted by molar-refractivity contribution is 6.01. The van der Waals surface area contributed by atoms with Crippen LogP contribution in [0.1, 0.15) is 36.5 Å². The highest BCUT2D eigenvalue weighted by Crippen LogP contribution is 2.23. The van der Waals surface area contributed by atoms with E-state index >= 15 is 0 Å². The zero-order chi connectivity index (χ0) is 23.5. The van der Waals surface area contributed by atoms with E-state index in [1.807, 2.05) is 30.3 Å². The highest BCUT2D eigenvalue weighted by Gasteiger charge is 2.36. The maximum absolute atomic E-state index is 13.3. The van der Waals surface area contributed by atoms with Crippen LogP contribution in [0, 0.1) is 0 Å². The van der Waals surface area contributed by atoms with Crippen LogP contribution in [0.2, 0.25) is 0 Å². The van der Waals surface area contributed by atoms with E-state index in [1.54, 1.807) is 24.3 Å². The topological polar surface area (TPSA) is 94.2 Å². The predicted octanol–water partition coefficient (Wildman–Crippen LogP) is 2.82. The molecular weight excluding hydrogens is 424 g/mol. The molecule has 1 fully saturated rings. The Labute approximate surface area is 193 Å². The monoisotopic (exact) mass is 454 g/mol. The maximum atomic E-state index is 13.3. The molecular formula is C25H30N2O6. The number of carbonyl (C=O) groups excluding carboxylic acids is 3. The van der Waals surface area contributed by atoms with Gasteiger partial charge in [0.15, 0.2) is 0 Å². The molecule has 3 rings (SSSR count). The number of amides is 2. The Morgan fingerprint density at radius 3 is 2.55 bits per heavy atom. The largest absolute Gasteiger partial charge is 0.493 e. The zero-order valence-corrected chi connectivity index (χ0v) is 18.8. The summed E-state index contributed by atoms with van der Waals surface area (Å²) in [7, 11) is 0. The molecule has 0 saturated carbocycles. The second kappa shape index (κ2) is 12.5. The maximum Gasteiger partial charge on any atom is 0.308 e. The Bertz CT molecular complexity index is 934. The summed E-state index contributed by atoms with van der Waals surface area (Å²) in [6.07, 6.45) is 1.61. The summed E-state index contributed by atoms with van der Waals surface area (Å²) in [6, 6.07) is 15.2. The van der Waals surface area contributed by atoms with Crippen LogP contribution < -0.4 is 14.8 Å². The van der Waals surface area contributed by atoms with E-state index in [0.29, 0.717) is 36.8 Å². The molecule has 1 unspecified atom stereocenters. The van der Waals surface area contributed by atoms with Crippen molar-refractivity contribution >= 4 is 17.8 Å². The van der Waals surface area contributed by atoms with Gasteiger partial charge in [0.05, 0.1) is 18.6 Å². The number of benzene rings is 2. The number of piperazine rings is 1. The van der Waals surface area contributed by atoms with Gasteiger partial charge in [0.25, 0.3) is 5.91 Å². The number of nitrogens with one attached hydrogen (secondary N) is 1. The van der Waals surface area contributed by atoms with Crippen LogP contribution in [0.25, 0.3) is 0 Å². The smallest absolute Gasteiger partial charge is 0.308 e. The molecule has 1 aliphatic rings. The fourth-order valence-electron chi connectivity index (χ4n) is 3.46. The lowest BCUT2D eigenvalue weighted by molar-refractivity contribution is -0.148. The molecule has 0 radical (unpaired) electrons. The molecule has 8 heteroatoms. The molecule has 1 atom stereocenters. The Kier molecular flexibility index (Phi) is 9.11. The van der Waals surface area contributed by atoms with Gasteiger partial charge in [-0.3, -0.25) is 14.4 Å². The Balaban J connectivity index is 1.59. The van der Waals surface area contributed by atoms with E-state index in [9.17, 15) is 14.4 Å². The average Bonchev–Trinajstić information content (AvgIpc) is 2.84. The fraction of sp³-hybridized carbons (Fsp3) is 0.400. The number of esters is 1. The van der Waals surface area contributed by atoms with Crippen molar-refractivity contribution in [2.24, 2.45) is 0 Å². The molecule has 2 amide bonds. The summed E-state index contributed by atoms with van der Waals surface area (Å²) in [5.41, 5.74) is 0.373. The first-order valence-electron chi connectivity index (χ1n) is 11.2. The van der Waals surface area contributed by atoms with Crippen molar-refractivity contribution in [1.82, 2.24) is 10.2 Å². The summed E-state index contributed by atoms with van der Waals surface area (Å²) in [5, 5.41) is 2.72. The standard InChI is InChI=1S/C25H30N2O6/c1-2-3-15-32-22-12-8-7-11-20(22)25(30)27-14-13-26-24(29)21(27)18-23(28)33-17-16-31-19-9-5-4-6-10-19/h4-12,21H,2-3,13-18H2,1H3,(H,26,29). The molecule has 176 valence electrons. The van der Waals surface area contributed by atoms with Crippen molar-refractivity contribution in [2.45, 2.75) is 32.2 Å². The number of carbonyl (C=O) groups is 3. The van der Waals surface area contributed by atoms with Gasteiger partial charge in [-0.15, -0.1) is 0 Å². The number of hydrogen-bond acceptors (Lipinski definition) is 6. The van der Waals surface area contributed by atoms with Crippen LogP contribution >= 0.6 is 0 Å². The van der Waals surface area contributed by atoms with Gasteiger partial charge in [-0.2, -0.15) is 0 Å². The van der Waals surface area contributed by atoms with Crippen molar-refractivity contribution in [3.63, 3.8) is 0 Å². The first-order valence-corrected chi connectivity index (χ1v) is 11.2. The number of nitrogens with zero attached hydrogens (tertiary/aromatic N) is 1. The third-order valence-corrected chi connectivity index (χ3v) is 5.18. The summed E-state index contributed by atoms with van der Waals surface area (Å²) in [4.78, 5) is 39.6. The van der Waals surface area contributed by atoms with Gasteiger partial charge >= 0.3 is 5.97 Å². The van der Waals surface area contributed by atoms with E-state index in [4.69, 9.17) is 14.2 Å². The molecule has 0 bridgehead atoms. The van der Waals surface area contributed by atoms with Gasteiger partial charge in [-0.05, 0) is 30.7 Å². The molecule has 1 aliphatic heterocycles. The second-order valence-electron chi connectivity index (χ2n) is 7.59. The lowest BCUT2D eigenvalue weighted by atomic mass is 10.1. The van der Waals surface area contributed by atoms with Crippen LogP contribution in [0.5, 0.6) is 11.5 Å². The first kappa shape index (κ1) is 24.1. The SMILES string of the molecule is CCCCOc1ccccc1C(=O)N1CCNC(=O)C1CC(=O)OCCOc1ccccc1. The molecule has 1 N–H and O–H groups in total. The number of para-hydroxylation sites is 2. The average molecular weight is 455 g/mol. The minimum absolute atomic E-state index is 0.0457. The Hall–Kier alpha value is -3.55. The fourth-order valence-corrected chi connectivity index (χ4v) is 3.46. The minimum Gasteiger partial charge on any atom is -0.493 e. The summed E-state index contributed by atoms with van der Waals surface area (Å²) in [6.45, 7) is 3.41. The number of unbranched alkanes of at least 4 members (excludes halogenated alkanes) is 1. The normalized spacial score (nSPS) is 15.5. The molecule has 0 aromatic heterocycles. The van der Waals surface area contributed by atoms with Crippen LogP contribution in [-0.2, 0) is 14.3 Å². The molecule has 1 saturated heterocycles. The van der Waals surface area contributed by atoms with Crippen molar-refractivity contribution in [1.29, 1.82) is 0 Å². The van der Waals surface area contributed by atoms with E-state index in [-0.39, 0.29) is 31.4 Å². The van der Waals surface area contributed by atoms with Gasteiger partial charge in [0.1, 0.15) is 30.8 Å². The first-order chi connectivity index (χ1) is 16.1. The summed E-state index contributed by atoms with van der Waals surface area (Å²) in [5.74, 6) is -0.143. The molecule has 8 nitrogen and oxygen atoms in total. The van der Waals surface area contributed by atoms with Gasteiger partial charge < -0.3 is 24.4 Å². The lowest BCUT2D eigenvalue weighted by Crippen LogP contribution is -2.57. The van der Waals surface area contributed by atoms with Crippen molar-refractivity contribution in [2.75, 3.05) is 32.9 Å². The predicted molar refractivity (Wildman–Crippen MR) is 122 cm³/mol. The van der Waals surface area contributed by atoms with Crippen molar-refractivity contribution in [3.05, 3.63) is 60.2 Å². The highest BCUT2D eigenvalue weighted by atomic mass is 16.6. The number of ether oxygens (including phenoxy) is 3. The van der Waals surface area contributed by atoms with Gasteiger partial charge in [0, 0.05) is 13.1 Å². The van der Waals surface area contributed by atoms with Crippen LogP contribution in [-0.4, -0.2) is 61.6 Å². The molecule has 2 aromatic carbocycles. The zero-order valence-electron chi connectivity index (χ0n) is 18.8. The van der Waals surface area contributed by atoms with E-state index in [2.05, 4.69) is 12.2 Å². The molecule has 33 heavy (non-hydrogen) atoms. The Morgan fingerprint density at radius 2 is 1.76 bits per heavy atom. The third-order valence-electron chi connectivity index (χ3n) is 5.18. The van der Waals surface area contributed by atoms with E-state index in [0.717, 1.165) is 12.8 Å². The van der Waals surface area contributed by atoms with Crippen molar-refractivity contribution < 1.29 is 28.6 Å². The van der Waals surface area contributed by atoms with Gasteiger partial charge in [-0.25, -0.2) is 0 Å². The third kappa shape index (κ3) is 6.97. The van der Waals surface area contributed by atoms with E-state index in [1.165, 1.54) is 4.90 Å². The van der Waals surface area contributed by atoms with Gasteiger partial charge in [-0.1, -0.05) is 43.7 Å². The molecule has 1 heterocycles. The summed E-state index contributed by atoms with van der Waals surface area (Å²) < 4.78 is 16.5. The van der Waals surface area contributed by atoms with Crippen molar-refractivity contribution in [3.8, 4) is 11.5 Å². The van der Waals surface area contributed by atoms with Crippen LogP contribution in [0.3, 0.4) is 0 Å². The van der Waals surface area contributed by atoms with Crippen LogP contribution in [0.15, 0.2) is 54.6 Å².